The Labute approximate surface area is 124 Å². The monoisotopic (exact) mass is 313 g/mol. The molecule has 0 spiro atoms. The molecule has 116 valence electrons. The van der Waals surface area contributed by atoms with E-state index in [9.17, 15) is 13.2 Å². The van der Waals surface area contributed by atoms with Gasteiger partial charge in [0.1, 0.15) is 5.75 Å². The van der Waals surface area contributed by atoms with Crippen LogP contribution in [0.15, 0.2) is 29.2 Å². The van der Waals surface area contributed by atoms with E-state index in [-0.39, 0.29) is 30.4 Å². The fraction of sp³-hybridized carbons (Fsp3) is 0.462. The van der Waals surface area contributed by atoms with Gasteiger partial charge in [-0.3, -0.25) is 4.79 Å². The maximum absolute atomic E-state index is 12.5. The lowest BCUT2D eigenvalue weighted by Gasteiger charge is -2.33. The van der Waals surface area contributed by atoms with Crippen molar-refractivity contribution < 1.29 is 17.9 Å². The van der Waals surface area contributed by atoms with E-state index in [1.165, 1.54) is 23.5 Å². The van der Waals surface area contributed by atoms with Crippen LogP contribution in [0.1, 0.15) is 0 Å². The summed E-state index contributed by atoms with van der Waals surface area (Å²) in [4.78, 5) is 13.3. The van der Waals surface area contributed by atoms with Crippen molar-refractivity contribution in [3.63, 3.8) is 0 Å². The second kappa shape index (κ2) is 6.42. The number of carbonyl (C=O) groups is 1. The summed E-state index contributed by atoms with van der Waals surface area (Å²) in [5.74, 6) is 0.448. The number of piperazine rings is 1. The smallest absolute Gasteiger partial charge is 0.243 e. The minimum atomic E-state index is -3.53. The van der Waals surface area contributed by atoms with Gasteiger partial charge in [0.05, 0.1) is 18.6 Å². The van der Waals surface area contributed by atoms with E-state index in [0.29, 0.717) is 18.8 Å². The van der Waals surface area contributed by atoms with Gasteiger partial charge in [0.2, 0.25) is 15.9 Å². The highest BCUT2D eigenvalue weighted by Gasteiger charge is 2.29. The first-order valence-electron chi connectivity index (χ1n) is 6.61. The molecule has 0 aliphatic carbocycles. The lowest BCUT2D eigenvalue weighted by molar-refractivity contribution is -0.130. The van der Waals surface area contributed by atoms with Crippen molar-refractivity contribution in [2.45, 2.75) is 4.90 Å². The molecule has 1 aromatic carbocycles. The summed E-state index contributed by atoms with van der Waals surface area (Å²) in [6.45, 7) is 1.24. The van der Waals surface area contributed by atoms with Crippen molar-refractivity contribution in [3.8, 4) is 5.75 Å². The maximum atomic E-state index is 12.5. The number of carbonyl (C=O) groups excluding carboxylic acids is 1. The van der Waals surface area contributed by atoms with Crippen LogP contribution < -0.4 is 10.5 Å². The van der Waals surface area contributed by atoms with Crippen LogP contribution in [-0.4, -0.2) is 63.4 Å². The van der Waals surface area contributed by atoms with Crippen LogP contribution in [0.3, 0.4) is 0 Å². The summed E-state index contributed by atoms with van der Waals surface area (Å²) in [6.07, 6.45) is 0. The zero-order chi connectivity index (χ0) is 15.5. The van der Waals surface area contributed by atoms with Gasteiger partial charge in [0.15, 0.2) is 0 Å². The van der Waals surface area contributed by atoms with Gasteiger partial charge in [0, 0.05) is 26.2 Å². The topological polar surface area (TPSA) is 92.9 Å². The number of hydrogen-bond acceptors (Lipinski definition) is 5. The molecule has 8 heteroatoms. The Bertz CT molecular complexity index is 592. The fourth-order valence-corrected chi connectivity index (χ4v) is 3.63. The Morgan fingerprint density at radius 1 is 1.19 bits per heavy atom. The largest absolute Gasteiger partial charge is 0.497 e. The number of benzene rings is 1. The summed E-state index contributed by atoms with van der Waals surface area (Å²) < 4.78 is 31.4. The average molecular weight is 313 g/mol. The van der Waals surface area contributed by atoms with Gasteiger partial charge in [-0.2, -0.15) is 4.31 Å². The first-order valence-corrected chi connectivity index (χ1v) is 8.05. The second-order valence-corrected chi connectivity index (χ2v) is 6.60. The van der Waals surface area contributed by atoms with Gasteiger partial charge < -0.3 is 15.4 Å². The summed E-state index contributed by atoms with van der Waals surface area (Å²) in [7, 11) is -2.01. The molecule has 0 saturated carbocycles. The second-order valence-electron chi connectivity index (χ2n) is 4.66. The Morgan fingerprint density at radius 3 is 2.24 bits per heavy atom. The highest BCUT2D eigenvalue weighted by atomic mass is 32.2. The number of amides is 1. The lowest BCUT2D eigenvalue weighted by Crippen LogP contribution is -2.51. The SMILES string of the molecule is COc1ccc(S(=O)(=O)N2CCN(C(=O)CN)CC2)cc1. The first-order chi connectivity index (χ1) is 9.98. The fourth-order valence-electron chi connectivity index (χ4n) is 2.20. The lowest BCUT2D eigenvalue weighted by atomic mass is 10.3. The molecule has 0 radical (unpaired) electrons. The predicted octanol–water partition coefficient (Wildman–Crippen LogP) is -0.513. The van der Waals surface area contributed by atoms with Crippen LogP contribution in [0, 0.1) is 0 Å². The molecule has 1 heterocycles. The van der Waals surface area contributed by atoms with Crippen LogP contribution >= 0.6 is 0 Å². The first kappa shape index (κ1) is 15.7. The highest BCUT2D eigenvalue weighted by molar-refractivity contribution is 7.89. The normalized spacial score (nSPS) is 16.8. The number of nitrogens with two attached hydrogens (primary N) is 1. The van der Waals surface area contributed by atoms with E-state index in [4.69, 9.17) is 10.5 Å². The van der Waals surface area contributed by atoms with Crippen LogP contribution in [-0.2, 0) is 14.8 Å². The summed E-state index contributed by atoms with van der Waals surface area (Å²) >= 11 is 0. The number of methoxy groups -OCH3 is 1. The molecule has 21 heavy (non-hydrogen) atoms. The maximum Gasteiger partial charge on any atom is 0.243 e. The standard InChI is InChI=1S/C13H19N3O4S/c1-20-11-2-4-12(5-3-11)21(18,19)16-8-6-15(7-9-16)13(17)10-14/h2-5H,6-10,14H2,1H3. The van der Waals surface area contributed by atoms with Crippen molar-refractivity contribution in [3.05, 3.63) is 24.3 Å². The molecule has 1 fully saturated rings. The minimum Gasteiger partial charge on any atom is -0.497 e. The molecule has 0 unspecified atom stereocenters. The zero-order valence-corrected chi connectivity index (χ0v) is 12.7. The Balaban J connectivity index is 2.09. The minimum absolute atomic E-state index is 0.0504. The van der Waals surface area contributed by atoms with Crippen molar-refractivity contribution in [1.29, 1.82) is 0 Å². The van der Waals surface area contributed by atoms with Gasteiger partial charge in [-0.1, -0.05) is 0 Å². The molecule has 2 rings (SSSR count). The Kier molecular flexibility index (Phi) is 4.81. The Hall–Kier alpha value is -1.64. The summed E-state index contributed by atoms with van der Waals surface area (Å²) in [5.41, 5.74) is 5.31. The van der Waals surface area contributed by atoms with Crippen molar-refractivity contribution in [2.75, 3.05) is 39.8 Å². The van der Waals surface area contributed by atoms with Crippen LogP contribution in [0.25, 0.3) is 0 Å². The van der Waals surface area contributed by atoms with E-state index in [1.54, 1.807) is 17.0 Å². The number of nitrogens with zero attached hydrogens (tertiary/aromatic N) is 2. The van der Waals surface area contributed by atoms with Crippen LogP contribution in [0.5, 0.6) is 5.75 Å². The number of hydrogen-bond donors (Lipinski definition) is 1. The molecule has 0 aromatic heterocycles. The van der Waals surface area contributed by atoms with E-state index in [1.807, 2.05) is 0 Å². The third kappa shape index (κ3) is 3.34. The number of rotatable bonds is 4. The van der Waals surface area contributed by atoms with Crippen molar-refractivity contribution >= 4 is 15.9 Å². The molecule has 0 atom stereocenters. The van der Waals surface area contributed by atoms with Crippen molar-refractivity contribution in [1.82, 2.24) is 9.21 Å². The van der Waals surface area contributed by atoms with Crippen LogP contribution in [0.4, 0.5) is 0 Å². The van der Waals surface area contributed by atoms with Gasteiger partial charge in [-0.15, -0.1) is 0 Å². The summed E-state index contributed by atoms with van der Waals surface area (Å²) in [5, 5.41) is 0. The third-order valence-electron chi connectivity index (χ3n) is 3.46. The summed E-state index contributed by atoms with van der Waals surface area (Å²) in [6, 6.07) is 6.26. The molecule has 2 N–H and O–H groups in total. The average Bonchev–Trinajstić information content (AvgIpc) is 2.54. The van der Waals surface area contributed by atoms with Gasteiger partial charge in [-0.25, -0.2) is 8.42 Å². The molecular formula is C13H19N3O4S. The van der Waals surface area contributed by atoms with Gasteiger partial charge in [0.25, 0.3) is 0 Å². The molecule has 0 bridgehead atoms. The third-order valence-corrected chi connectivity index (χ3v) is 5.38. The molecule has 1 saturated heterocycles. The number of ether oxygens (including phenoxy) is 1. The van der Waals surface area contributed by atoms with Gasteiger partial charge >= 0.3 is 0 Å². The molecule has 1 amide bonds. The molecule has 1 aromatic rings. The molecule has 7 nitrogen and oxygen atoms in total. The van der Waals surface area contributed by atoms with Crippen molar-refractivity contribution in [2.24, 2.45) is 5.73 Å². The van der Waals surface area contributed by atoms with Crippen LogP contribution in [0.2, 0.25) is 0 Å². The predicted molar refractivity (Wildman–Crippen MR) is 77.4 cm³/mol. The van der Waals surface area contributed by atoms with E-state index < -0.39 is 10.0 Å². The molecule has 1 aliphatic rings. The quantitative estimate of drug-likeness (QED) is 0.808. The van der Waals surface area contributed by atoms with E-state index >= 15 is 0 Å². The van der Waals surface area contributed by atoms with E-state index in [0.717, 1.165) is 0 Å². The zero-order valence-electron chi connectivity index (χ0n) is 11.9. The highest BCUT2D eigenvalue weighted by Crippen LogP contribution is 2.20. The van der Waals surface area contributed by atoms with E-state index in [2.05, 4.69) is 0 Å². The molecule has 1 aliphatic heterocycles. The number of sulfonamides is 1. The van der Waals surface area contributed by atoms with Gasteiger partial charge in [-0.05, 0) is 24.3 Å². The molecular weight excluding hydrogens is 294 g/mol. The Morgan fingerprint density at radius 2 is 1.76 bits per heavy atom.